The maximum absolute atomic E-state index is 11.6. The van der Waals surface area contributed by atoms with Crippen LogP contribution in [0.4, 0.5) is 0 Å². The van der Waals surface area contributed by atoms with E-state index in [0.717, 1.165) is 11.3 Å². The molecule has 0 aliphatic rings. The molecule has 0 bridgehead atoms. The van der Waals surface area contributed by atoms with Crippen LogP contribution in [0.5, 0.6) is 0 Å². The van der Waals surface area contributed by atoms with Gasteiger partial charge in [0.1, 0.15) is 0 Å². The van der Waals surface area contributed by atoms with Crippen molar-refractivity contribution in [2.24, 2.45) is 0 Å². The molecule has 2 aromatic rings. The molecule has 0 aliphatic heterocycles. The third-order valence-electron chi connectivity index (χ3n) is 2.64. The summed E-state index contributed by atoms with van der Waals surface area (Å²) in [6.45, 7) is 0. The monoisotopic (exact) mass is 267 g/mol. The number of carbonyl (C=O) groups is 1. The average Bonchev–Trinajstić information content (AvgIpc) is 2.47. The van der Waals surface area contributed by atoms with Gasteiger partial charge in [0.2, 0.25) is 0 Å². The van der Waals surface area contributed by atoms with E-state index in [9.17, 15) is 4.79 Å². The molecule has 94 valence electrons. The van der Waals surface area contributed by atoms with E-state index in [4.69, 9.17) is 5.26 Å². The third kappa shape index (κ3) is 3.97. The Kier molecular flexibility index (Phi) is 4.77. The highest BCUT2D eigenvalue weighted by molar-refractivity contribution is 7.98. The van der Waals surface area contributed by atoms with Crippen LogP contribution in [0.2, 0.25) is 0 Å². The zero-order chi connectivity index (χ0) is 13.5. The van der Waals surface area contributed by atoms with Gasteiger partial charge in [0, 0.05) is 16.2 Å². The maximum atomic E-state index is 11.6. The zero-order valence-electron chi connectivity index (χ0n) is 10.4. The molecule has 0 aromatic heterocycles. The molecule has 0 aliphatic carbocycles. The summed E-state index contributed by atoms with van der Waals surface area (Å²) in [5.41, 5.74) is 1.71. The van der Waals surface area contributed by atoms with Crippen molar-refractivity contribution in [3.8, 4) is 6.07 Å². The Morgan fingerprint density at radius 3 is 2.63 bits per heavy atom. The fraction of sp³-hybridized carbons (Fsp3) is 0.125. The van der Waals surface area contributed by atoms with Crippen molar-refractivity contribution < 1.29 is 4.79 Å². The van der Waals surface area contributed by atoms with E-state index >= 15 is 0 Å². The summed E-state index contributed by atoms with van der Waals surface area (Å²) in [6, 6.07) is 19.5. The van der Waals surface area contributed by atoms with Gasteiger partial charge in [-0.3, -0.25) is 4.79 Å². The lowest BCUT2D eigenvalue weighted by molar-refractivity contribution is 0.0997. The summed E-state index contributed by atoms with van der Waals surface area (Å²) < 4.78 is 0. The van der Waals surface area contributed by atoms with Crippen LogP contribution < -0.4 is 0 Å². The molecule has 3 heteroatoms. The number of carbonyl (C=O) groups excluding carboxylic acids is 1. The van der Waals surface area contributed by atoms with Crippen LogP contribution in [0.3, 0.4) is 0 Å². The molecular weight excluding hydrogens is 254 g/mol. The van der Waals surface area contributed by atoms with Crippen molar-refractivity contribution in [2.45, 2.75) is 17.1 Å². The molecule has 0 heterocycles. The summed E-state index contributed by atoms with van der Waals surface area (Å²) in [5.74, 6) is 0.701. The Hall–Kier alpha value is -2.05. The second-order valence-electron chi connectivity index (χ2n) is 4.06. The summed E-state index contributed by atoms with van der Waals surface area (Å²) in [5, 5.41) is 8.54. The normalized spacial score (nSPS) is 9.84. The van der Waals surface area contributed by atoms with E-state index in [1.165, 1.54) is 4.90 Å². The number of thioether (sulfide) groups is 1. The van der Waals surface area contributed by atoms with Crippen molar-refractivity contribution in [3.63, 3.8) is 0 Å². The van der Waals surface area contributed by atoms with Gasteiger partial charge in [0.15, 0.2) is 5.78 Å². The Balaban J connectivity index is 2.04. The standard InChI is InChI=1S/C16H13NOS/c17-10-9-16(18)14-6-4-5-13(11-14)12-19-15-7-2-1-3-8-15/h1-8,11H,9,12H2. The first-order valence-electron chi connectivity index (χ1n) is 5.96. The Morgan fingerprint density at radius 1 is 1.11 bits per heavy atom. The molecule has 0 saturated carbocycles. The molecule has 0 saturated heterocycles. The number of hydrogen-bond acceptors (Lipinski definition) is 3. The van der Waals surface area contributed by atoms with E-state index in [0.29, 0.717) is 5.56 Å². The molecule has 0 radical (unpaired) electrons. The number of rotatable bonds is 5. The van der Waals surface area contributed by atoms with Crippen LogP contribution in [-0.2, 0) is 5.75 Å². The first kappa shape index (κ1) is 13.4. The van der Waals surface area contributed by atoms with E-state index in [1.807, 2.05) is 42.5 Å². The highest BCUT2D eigenvalue weighted by Gasteiger charge is 2.05. The zero-order valence-corrected chi connectivity index (χ0v) is 11.2. The maximum Gasteiger partial charge on any atom is 0.176 e. The van der Waals surface area contributed by atoms with E-state index in [1.54, 1.807) is 17.8 Å². The largest absolute Gasteiger partial charge is 0.293 e. The molecule has 2 nitrogen and oxygen atoms in total. The summed E-state index contributed by atoms with van der Waals surface area (Å²) in [4.78, 5) is 12.8. The van der Waals surface area contributed by atoms with E-state index in [2.05, 4.69) is 12.1 Å². The van der Waals surface area contributed by atoms with Crippen LogP contribution in [0.25, 0.3) is 0 Å². The number of nitriles is 1. The average molecular weight is 267 g/mol. The van der Waals surface area contributed by atoms with Crippen LogP contribution in [0, 0.1) is 11.3 Å². The predicted molar refractivity (Wildman–Crippen MR) is 77.0 cm³/mol. The van der Waals surface area contributed by atoms with E-state index < -0.39 is 0 Å². The molecule has 0 unspecified atom stereocenters. The number of nitrogens with zero attached hydrogens (tertiary/aromatic N) is 1. The fourth-order valence-corrected chi connectivity index (χ4v) is 2.55. The van der Waals surface area contributed by atoms with Gasteiger partial charge in [-0.05, 0) is 23.8 Å². The van der Waals surface area contributed by atoms with Gasteiger partial charge in [-0.15, -0.1) is 11.8 Å². The van der Waals surface area contributed by atoms with Crippen molar-refractivity contribution in [1.29, 1.82) is 5.26 Å². The highest BCUT2D eigenvalue weighted by Crippen LogP contribution is 2.22. The minimum absolute atomic E-state index is 0.0602. The minimum Gasteiger partial charge on any atom is -0.293 e. The summed E-state index contributed by atoms with van der Waals surface area (Å²) in [7, 11) is 0. The first-order valence-corrected chi connectivity index (χ1v) is 6.95. The first-order chi connectivity index (χ1) is 9.29. The van der Waals surface area contributed by atoms with Crippen molar-refractivity contribution in [3.05, 3.63) is 65.7 Å². The summed E-state index contributed by atoms with van der Waals surface area (Å²) >= 11 is 1.73. The van der Waals surface area contributed by atoms with Gasteiger partial charge in [-0.2, -0.15) is 5.26 Å². The van der Waals surface area contributed by atoms with Crippen molar-refractivity contribution in [2.75, 3.05) is 0 Å². The predicted octanol–water partition coefficient (Wildman–Crippen LogP) is 4.08. The van der Waals surface area contributed by atoms with Crippen LogP contribution in [0.1, 0.15) is 22.3 Å². The van der Waals surface area contributed by atoms with Crippen LogP contribution >= 0.6 is 11.8 Å². The SMILES string of the molecule is N#CCC(=O)c1cccc(CSc2ccccc2)c1. The molecule has 0 amide bonds. The molecule has 0 atom stereocenters. The highest BCUT2D eigenvalue weighted by atomic mass is 32.2. The van der Waals surface area contributed by atoms with E-state index in [-0.39, 0.29) is 12.2 Å². The fourth-order valence-electron chi connectivity index (χ4n) is 1.69. The lowest BCUT2D eigenvalue weighted by atomic mass is 10.1. The van der Waals surface area contributed by atoms with Crippen LogP contribution in [0.15, 0.2) is 59.5 Å². The van der Waals surface area contributed by atoms with Gasteiger partial charge in [-0.25, -0.2) is 0 Å². The topological polar surface area (TPSA) is 40.9 Å². The van der Waals surface area contributed by atoms with Gasteiger partial charge in [-0.1, -0.05) is 36.4 Å². The Bertz CT molecular complexity index is 602. The number of hydrogen-bond donors (Lipinski definition) is 0. The Morgan fingerprint density at radius 2 is 1.89 bits per heavy atom. The molecule has 0 spiro atoms. The molecule has 0 fully saturated rings. The van der Waals surface area contributed by atoms with Gasteiger partial charge >= 0.3 is 0 Å². The lowest BCUT2D eigenvalue weighted by Gasteiger charge is -2.04. The van der Waals surface area contributed by atoms with Gasteiger partial charge in [0.05, 0.1) is 12.5 Å². The van der Waals surface area contributed by atoms with Crippen molar-refractivity contribution in [1.82, 2.24) is 0 Å². The second-order valence-corrected chi connectivity index (χ2v) is 5.11. The summed E-state index contributed by atoms with van der Waals surface area (Å²) in [6.07, 6.45) is -0.0602. The molecule has 0 N–H and O–H groups in total. The van der Waals surface area contributed by atoms with Gasteiger partial charge < -0.3 is 0 Å². The molecule has 2 aromatic carbocycles. The second kappa shape index (κ2) is 6.77. The quantitative estimate of drug-likeness (QED) is 0.605. The Labute approximate surface area is 117 Å². The lowest BCUT2D eigenvalue weighted by Crippen LogP contribution is -1.97. The number of benzene rings is 2. The molecule has 2 rings (SSSR count). The smallest absolute Gasteiger partial charge is 0.176 e. The molecular formula is C16H13NOS. The minimum atomic E-state index is -0.117. The van der Waals surface area contributed by atoms with Crippen molar-refractivity contribution >= 4 is 17.5 Å². The number of ketones is 1. The van der Waals surface area contributed by atoms with Gasteiger partial charge in [0.25, 0.3) is 0 Å². The molecule has 19 heavy (non-hydrogen) atoms. The van der Waals surface area contributed by atoms with Crippen LogP contribution in [-0.4, -0.2) is 5.78 Å². The number of Topliss-reactive ketones (excluding diaryl/α,β-unsaturated/α-hetero) is 1. The third-order valence-corrected chi connectivity index (χ3v) is 3.72.